The van der Waals surface area contributed by atoms with E-state index in [0.29, 0.717) is 11.8 Å². The summed E-state index contributed by atoms with van der Waals surface area (Å²) >= 11 is 0.955. The van der Waals surface area contributed by atoms with Crippen LogP contribution in [0.15, 0.2) is 23.6 Å². The summed E-state index contributed by atoms with van der Waals surface area (Å²) in [6.45, 7) is -0.0771. The van der Waals surface area contributed by atoms with E-state index in [1.54, 1.807) is 0 Å². The molecule has 1 aromatic carbocycles. The van der Waals surface area contributed by atoms with Gasteiger partial charge in [-0.2, -0.15) is 0 Å². The minimum absolute atomic E-state index is 0.0619. The number of benzene rings is 1. The van der Waals surface area contributed by atoms with Crippen LogP contribution in [0.1, 0.15) is 15.5 Å². The highest BCUT2D eigenvalue weighted by atomic mass is 32.1. The lowest BCUT2D eigenvalue weighted by Gasteiger charge is -2.04. The number of rotatable bonds is 4. The zero-order chi connectivity index (χ0) is 13.1. The molecular weight excluding hydrogens is 264 g/mol. The van der Waals surface area contributed by atoms with Crippen LogP contribution < -0.4 is 4.74 Å². The third-order valence-electron chi connectivity index (χ3n) is 2.00. The van der Waals surface area contributed by atoms with Gasteiger partial charge >= 0.3 is 5.97 Å². The van der Waals surface area contributed by atoms with Crippen LogP contribution in [-0.2, 0) is 6.61 Å². The lowest BCUT2D eigenvalue weighted by molar-refractivity contribution is 0.0696. The third kappa shape index (κ3) is 2.80. The van der Waals surface area contributed by atoms with Crippen molar-refractivity contribution in [3.8, 4) is 5.75 Å². The Labute approximate surface area is 104 Å². The molecule has 7 heteroatoms. The Morgan fingerprint density at radius 1 is 1.44 bits per heavy atom. The van der Waals surface area contributed by atoms with E-state index in [1.807, 2.05) is 0 Å². The topological polar surface area (TPSA) is 59.4 Å². The first-order valence-corrected chi connectivity index (χ1v) is 5.70. The first-order valence-electron chi connectivity index (χ1n) is 4.82. The Morgan fingerprint density at radius 2 is 2.22 bits per heavy atom. The van der Waals surface area contributed by atoms with Gasteiger partial charge in [-0.15, -0.1) is 11.3 Å². The normalized spacial score (nSPS) is 10.3. The quantitative estimate of drug-likeness (QED) is 0.928. The SMILES string of the molecule is O=C(O)c1nc(COc2ccc(F)cc2F)cs1. The van der Waals surface area contributed by atoms with Gasteiger partial charge in [-0.1, -0.05) is 0 Å². The van der Waals surface area contributed by atoms with E-state index in [-0.39, 0.29) is 17.4 Å². The predicted molar refractivity (Wildman–Crippen MR) is 59.8 cm³/mol. The molecule has 0 saturated carbocycles. The average Bonchev–Trinajstić information content (AvgIpc) is 2.76. The number of hydrogen-bond acceptors (Lipinski definition) is 4. The number of nitrogens with zero attached hydrogens (tertiary/aromatic N) is 1. The van der Waals surface area contributed by atoms with Crippen LogP contribution in [0.2, 0.25) is 0 Å². The number of thiazole rings is 1. The van der Waals surface area contributed by atoms with E-state index in [4.69, 9.17) is 9.84 Å². The number of carboxylic acids is 1. The van der Waals surface area contributed by atoms with Crippen LogP contribution in [0.4, 0.5) is 8.78 Å². The fraction of sp³-hybridized carbons (Fsp3) is 0.0909. The highest BCUT2D eigenvalue weighted by molar-refractivity contribution is 7.11. The Kier molecular flexibility index (Phi) is 3.52. The van der Waals surface area contributed by atoms with Crippen molar-refractivity contribution in [2.75, 3.05) is 0 Å². The molecule has 0 amide bonds. The highest BCUT2D eigenvalue weighted by Crippen LogP contribution is 2.19. The largest absolute Gasteiger partial charge is 0.484 e. The van der Waals surface area contributed by atoms with E-state index in [1.165, 1.54) is 5.38 Å². The van der Waals surface area contributed by atoms with E-state index >= 15 is 0 Å². The molecule has 1 aromatic heterocycles. The fourth-order valence-corrected chi connectivity index (χ4v) is 1.85. The first kappa shape index (κ1) is 12.4. The molecule has 0 aliphatic rings. The van der Waals surface area contributed by atoms with E-state index in [0.717, 1.165) is 23.5 Å². The van der Waals surface area contributed by atoms with Gasteiger partial charge in [0.2, 0.25) is 5.01 Å². The van der Waals surface area contributed by atoms with Gasteiger partial charge in [0.25, 0.3) is 0 Å². The minimum atomic E-state index is -1.13. The van der Waals surface area contributed by atoms with Gasteiger partial charge < -0.3 is 9.84 Å². The van der Waals surface area contributed by atoms with Crippen LogP contribution >= 0.6 is 11.3 Å². The van der Waals surface area contributed by atoms with Crippen molar-refractivity contribution >= 4 is 17.3 Å². The monoisotopic (exact) mass is 271 g/mol. The number of aromatic nitrogens is 1. The third-order valence-corrected chi connectivity index (χ3v) is 2.88. The number of ether oxygens (including phenoxy) is 1. The Balaban J connectivity index is 2.04. The van der Waals surface area contributed by atoms with Crippen molar-refractivity contribution in [2.24, 2.45) is 0 Å². The average molecular weight is 271 g/mol. The second kappa shape index (κ2) is 5.09. The fourth-order valence-electron chi connectivity index (χ4n) is 1.22. The highest BCUT2D eigenvalue weighted by Gasteiger charge is 2.10. The van der Waals surface area contributed by atoms with Crippen molar-refractivity contribution in [1.29, 1.82) is 0 Å². The summed E-state index contributed by atoms with van der Waals surface area (Å²) in [5.41, 5.74) is 0.376. The maximum Gasteiger partial charge on any atom is 0.365 e. The predicted octanol–water partition coefficient (Wildman–Crippen LogP) is 2.70. The summed E-state index contributed by atoms with van der Waals surface area (Å²) < 4.78 is 30.9. The van der Waals surface area contributed by atoms with Crippen molar-refractivity contribution in [3.63, 3.8) is 0 Å². The first-order chi connectivity index (χ1) is 8.56. The standard InChI is InChI=1S/C11H7F2NO3S/c12-6-1-2-9(8(13)3-6)17-4-7-5-18-10(14-7)11(15)16/h1-3,5H,4H2,(H,15,16). The Morgan fingerprint density at radius 3 is 2.83 bits per heavy atom. The van der Waals surface area contributed by atoms with Crippen LogP contribution in [0.5, 0.6) is 5.75 Å². The number of halogens is 2. The van der Waals surface area contributed by atoms with Crippen molar-refractivity contribution in [3.05, 3.63) is 45.9 Å². The van der Waals surface area contributed by atoms with Crippen molar-refractivity contribution in [1.82, 2.24) is 4.98 Å². The molecule has 0 fully saturated rings. The molecule has 0 aliphatic heterocycles. The molecule has 0 radical (unpaired) electrons. The van der Waals surface area contributed by atoms with Crippen molar-refractivity contribution < 1.29 is 23.4 Å². The number of hydrogen-bond donors (Lipinski definition) is 1. The maximum absolute atomic E-state index is 13.2. The molecule has 1 N–H and O–H groups in total. The van der Waals surface area contributed by atoms with Crippen molar-refractivity contribution in [2.45, 2.75) is 6.61 Å². The summed E-state index contributed by atoms with van der Waals surface area (Å²) in [6, 6.07) is 2.94. The van der Waals surface area contributed by atoms with Crippen LogP contribution in [0, 0.1) is 11.6 Å². The van der Waals surface area contributed by atoms with Gasteiger partial charge in [0, 0.05) is 11.4 Å². The van der Waals surface area contributed by atoms with Gasteiger partial charge in [-0.05, 0) is 12.1 Å². The van der Waals surface area contributed by atoms with Crippen LogP contribution in [-0.4, -0.2) is 16.1 Å². The molecule has 2 aromatic rings. The number of carbonyl (C=O) groups is 1. The Hall–Kier alpha value is -2.02. The molecule has 4 nitrogen and oxygen atoms in total. The molecule has 18 heavy (non-hydrogen) atoms. The zero-order valence-corrected chi connectivity index (χ0v) is 9.71. The summed E-state index contributed by atoms with van der Waals surface area (Å²) in [4.78, 5) is 14.4. The molecular formula is C11H7F2NO3S. The van der Waals surface area contributed by atoms with Gasteiger partial charge in [0.1, 0.15) is 12.4 Å². The molecule has 0 atom stereocenters. The van der Waals surface area contributed by atoms with Gasteiger partial charge in [0.05, 0.1) is 5.69 Å². The second-order valence-electron chi connectivity index (χ2n) is 3.31. The summed E-state index contributed by atoms with van der Waals surface area (Å²) in [5.74, 6) is -2.74. The molecule has 2 rings (SSSR count). The number of aromatic carboxylic acids is 1. The minimum Gasteiger partial charge on any atom is -0.484 e. The molecule has 0 spiro atoms. The maximum atomic E-state index is 13.2. The molecule has 0 bridgehead atoms. The van der Waals surface area contributed by atoms with E-state index < -0.39 is 17.6 Å². The summed E-state index contributed by atoms with van der Waals surface area (Å²) in [7, 11) is 0. The van der Waals surface area contributed by atoms with Gasteiger partial charge in [0.15, 0.2) is 11.6 Å². The van der Waals surface area contributed by atoms with E-state index in [9.17, 15) is 13.6 Å². The van der Waals surface area contributed by atoms with E-state index in [2.05, 4.69) is 4.98 Å². The molecule has 1 heterocycles. The lowest BCUT2D eigenvalue weighted by atomic mass is 10.3. The summed E-state index contributed by atoms with van der Waals surface area (Å²) in [6.07, 6.45) is 0. The number of carboxylic acid groups (broad SMARTS) is 1. The van der Waals surface area contributed by atoms with Gasteiger partial charge in [-0.25, -0.2) is 18.6 Å². The zero-order valence-electron chi connectivity index (χ0n) is 8.89. The lowest BCUT2D eigenvalue weighted by Crippen LogP contribution is -2.00. The Bertz CT molecular complexity index is 585. The second-order valence-corrected chi connectivity index (χ2v) is 4.17. The molecule has 0 aliphatic carbocycles. The van der Waals surface area contributed by atoms with Crippen LogP contribution in [0.3, 0.4) is 0 Å². The van der Waals surface area contributed by atoms with Gasteiger partial charge in [-0.3, -0.25) is 0 Å². The molecule has 0 saturated heterocycles. The smallest absolute Gasteiger partial charge is 0.365 e. The molecule has 0 unspecified atom stereocenters. The molecule has 94 valence electrons. The van der Waals surface area contributed by atoms with Crippen LogP contribution in [0.25, 0.3) is 0 Å². The summed E-state index contributed by atoms with van der Waals surface area (Å²) in [5, 5.41) is 10.1.